The lowest BCUT2D eigenvalue weighted by Gasteiger charge is -2.21. The molecule has 0 bridgehead atoms. The van der Waals surface area contributed by atoms with Gasteiger partial charge in [0.25, 0.3) is 0 Å². The minimum absolute atomic E-state index is 0.153. The highest BCUT2D eigenvalue weighted by atomic mass is 31.2. The zero-order valence-corrected chi connectivity index (χ0v) is 44.2. The number of hydrogen-bond donors (Lipinski definition) is 2. The Labute approximate surface area is 415 Å². The first-order chi connectivity index (χ1) is 33.2. The van der Waals surface area contributed by atoms with Gasteiger partial charge in [0.05, 0.1) is 19.8 Å². The van der Waals surface area contributed by atoms with E-state index in [1.165, 1.54) is 51.4 Å². The van der Waals surface area contributed by atoms with Gasteiger partial charge < -0.3 is 24.2 Å². The van der Waals surface area contributed by atoms with E-state index in [0.29, 0.717) is 19.3 Å². The monoisotopic (exact) mass is 979 g/mol. The second-order valence-electron chi connectivity index (χ2n) is 18.0. The van der Waals surface area contributed by atoms with Crippen molar-refractivity contribution in [3.63, 3.8) is 0 Å². The third-order valence-corrected chi connectivity index (χ3v) is 12.3. The molecule has 0 amide bonds. The Hall–Kier alpha value is -2.82. The fourth-order valence-corrected chi connectivity index (χ4v) is 8.01. The number of rotatable bonds is 50. The standard InChI is InChI=1S/C56H99O11P/c1-4-7-10-13-16-19-22-24-26-28-31-33-36-39-42-45-54(58)63-49-53(67-56(60)47-44-41-38-35-32-29-27-25-23-20-17-14-11-8-5-2)51-65-68(61,62)64-50-52(48-57)66-55(59)46-43-40-37-34-30-21-18-15-12-9-6-3/h7,10,15-16,18-19,24-27,52-53,57H,4-6,8-9,11-14,17,20-23,28-51H2,1-3H3,(H,61,62)/b10-7-,18-15-,19-16-,26-24-,27-25-. The first-order valence-corrected chi connectivity index (χ1v) is 28.7. The van der Waals surface area contributed by atoms with E-state index in [2.05, 4.69) is 81.5 Å². The summed E-state index contributed by atoms with van der Waals surface area (Å²) in [7, 11) is -4.75. The Kier molecular flexibility index (Phi) is 48.5. The Morgan fingerprint density at radius 1 is 0.426 bits per heavy atom. The highest BCUT2D eigenvalue weighted by Gasteiger charge is 2.28. The number of phosphoric ester groups is 1. The van der Waals surface area contributed by atoms with Crippen LogP contribution in [-0.2, 0) is 42.2 Å². The molecule has 12 heteroatoms. The predicted octanol–water partition coefficient (Wildman–Crippen LogP) is 15.6. The number of hydrogen-bond acceptors (Lipinski definition) is 10. The van der Waals surface area contributed by atoms with Crippen molar-refractivity contribution in [3.05, 3.63) is 60.8 Å². The van der Waals surface area contributed by atoms with Crippen LogP contribution in [0.1, 0.15) is 239 Å². The molecule has 3 atom stereocenters. The van der Waals surface area contributed by atoms with Crippen molar-refractivity contribution in [2.24, 2.45) is 0 Å². The molecule has 0 aromatic carbocycles. The van der Waals surface area contributed by atoms with Crippen molar-refractivity contribution in [1.29, 1.82) is 0 Å². The van der Waals surface area contributed by atoms with E-state index in [1.807, 2.05) is 0 Å². The van der Waals surface area contributed by atoms with E-state index in [-0.39, 0.29) is 25.9 Å². The second kappa shape index (κ2) is 50.6. The van der Waals surface area contributed by atoms with Crippen LogP contribution >= 0.6 is 7.82 Å². The highest BCUT2D eigenvalue weighted by Crippen LogP contribution is 2.43. The van der Waals surface area contributed by atoms with Gasteiger partial charge in [-0.25, -0.2) is 4.57 Å². The first-order valence-electron chi connectivity index (χ1n) is 27.2. The van der Waals surface area contributed by atoms with Crippen LogP contribution in [0.15, 0.2) is 60.8 Å². The Balaban J connectivity index is 4.78. The maximum absolute atomic E-state index is 12.9. The summed E-state index contributed by atoms with van der Waals surface area (Å²) in [5, 5.41) is 9.77. The zero-order valence-electron chi connectivity index (χ0n) is 43.3. The second-order valence-corrected chi connectivity index (χ2v) is 19.5. The van der Waals surface area contributed by atoms with Crippen molar-refractivity contribution >= 4 is 25.7 Å². The van der Waals surface area contributed by atoms with Gasteiger partial charge in [-0.05, 0) is 96.3 Å². The maximum Gasteiger partial charge on any atom is 0.472 e. The molecule has 11 nitrogen and oxygen atoms in total. The van der Waals surface area contributed by atoms with Crippen molar-refractivity contribution < 1.29 is 52.2 Å². The van der Waals surface area contributed by atoms with Gasteiger partial charge in [-0.2, -0.15) is 0 Å². The molecule has 0 aromatic heterocycles. The fourth-order valence-electron chi connectivity index (χ4n) is 7.23. The third kappa shape index (κ3) is 48.2. The number of phosphoric acid groups is 1. The molecular weight excluding hydrogens is 880 g/mol. The molecule has 0 aromatic rings. The van der Waals surface area contributed by atoms with Crippen LogP contribution in [0.25, 0.3) is 0 Å². The summed E-state index contributed by atoms with van der Waals surface area (Å²) in [6, 6.07) is 0. The molecule has 0 saturated heterocycles. The molecule has 2 N–H and O–H groups in total. The van der Waals surface area contributed by atoms with Gasteiger partial charge in [-0.15, -0.1) is 0 Å². The highest BCUT2D eigenvalue weighted by molar-refractivity contribution is 7.47. The lowest BCUT2D eigenvalue weighted by atomic mass is 10.1. The average molecular weight is 979 g/mol. The van der Waals surface area contributed by atoms with Gasteiger partial charge >= 0.3 is 25.7 Å². The average Bonchev–Trinajstić information content (AvgIpc) is 3.32. The molecule has 0 spiro atoms. The third-order valence-electron chi connectivity index (χ3n) is 11.4. The topological polar surface area (TPSA) is 155 Å². The smallest absolute Gasteiger partial charge is 0.462 e. The predicted molar refractivity (Wildman–Crippen MR) is 279 cm³/mol. The number of aliphatic hydroxyl groups excluding tert-OH is 1. The van der Waals surface area contributed by atoms with Gasteiger partial charge in [0.15, 0.2) is 6.10 Å². The van der Waals surface area contributed by atoms with Crippen LogP contribution in [0.2, 0.25) is 0 Å². The van der Waals surface area contributed by atoms with Gasteiger partial charge in [0, 0.05) is 19.3 Å². The van der Waals surface area contributed by atoms with E-state index >= 15 is 0 Å². The molecule has 0 aliphatic rings. The van der Waals surface area contributed by atoms with E-state index in [1.54, 1.807) is 0 Å². The zero-order chi connectivity index (χ0) is 49.9. The Bertz CT molecular complexity index is 1370. The molecule has 394 valence electrons. The normalized spacial score (nSPS) is 13.9. The SMILES string of the molecule is CC/C=C\C/C=C\C/C=C\CCCCCCCC(=O)OCC(COP(=O)(O)OCC(CO)OC(=O)CCCCCCC/C=C\CCCC)OC(=O)CCCCCCC/C=C\CCCCCCCC. The Morgan fingerprint density at radius 3 is 1.24 bits per heavy atom. The number of carbonyl (C=O) groups is 3. The maximum atomic E-state index is 12.9. The number of allylic oxidation sites excluding steroid dienone is 10. The first kappa shape index (κ1) is 65.2. The summed E-state index contributed by atoms with van der Waals surface area (Å²) in [6.07, 6.45) is 53.3. The van der Waals surface area contributed by atoms with Gasteiger partial charge in [-0.3, -0.25) is 23.4 Å². The summed E-state index contributed by atoms with van der Waals surface area (Å²) >= 11 is 0. The van der Waals surface area contributed by atoms with Crippen LogP contribution in [0.4, 0.5) is 0 Å². The number of ether oxygens (including phenoxy) is 3. The fraction of sp³-hybridized carbons (Fsp3) is 0.768. The van der Waals surface area contributed by atoms with E-state index < -0.39 is 57.8 Å². The van der Waals surface area contributed by atoms with E-state index in [9.17, 15) is 28.9 Å². The van der Waals surface area contributed by atoms with Crippen LogP contribution in [0.5, 0.6) is 0 Å². The lowest BCUT2D eigenvalue weighted by Crippen LogP contribution is -2.30. The molecular formula is C56H99O11P. The molecule has 3 unspecified atom stereocenters. The number of carbonyl (C=O) groups excluding carboxylic acids is 3. The number of esters is 3. The van der Waals surface area contributed by atoms with Crippen molar-refractivity contribution in [2.75, 3.05) is 26.4 Å². The van der Waals surface area contributed by atoms with Crippen LogP contribution < -0.4 is 0 Å². The number of unbranched alkanes of at least 4 members (excludes halogenated alkanes) is 23. The van der Waals surface area contributed by atoms with Crippen LogP contribution in [0.3, 0.4) is 0 Å². The molecule has 68 heavy (non-hydrogen) atoms. The Morgan fingerprint density at radius 2 is 0.779 bits per heavy atom. The number of aliphatic hydroxyl groups is 1. The van der Waals surface area contributed by atoms with Crippen molar-refractivity contribution in [3.8, 4) is 0 Å². The summed E-state index contributed by atoms with van der Waals surface area (Å²) in [4.78, 5) is 48.4. The van der Waals surface area contributed by atoms with Gasteiger partial charge in [0.1, 0.15) is 12.7 Å². The molecule has 0 aliphatic heterocycles. The van der Waals surface area contributed by atoms with Crippen LogP contribution in [0, 0.1) is 0 Å². The van der Waals surface area contributed by atoms with Gasteiger partial charge in [0.2, 0.25) is 0 Å². The van der Waals surface area contributed by atoms with Crippen LogP contribution in [-0.4, -0.2) is 66.5 Å². The van der Waals surface area contributed by atoms with E-state index in [4.69, 9.17) is 23.3 Å². The summed E-state index contributed by atoms with van der Waals surface area (Å²) in [5.74, 6) is -1.50. The largest absolute Gasteiger partial charge is 0.472 e. The van der Waals surface area contributed by atoms with Crippen molar-refractivity contribution in [2.45, 2.75) is 251 Å². The minimum atomic E-state index is -4.75. The lowest BCUT2D eigenvalue weighted by molar-refractivity contribution is -0.161. The molecule has 0 aliphatic carbocycles. The quantitative estimate of drug-likeness (QED) is 0.0197. The summed E-state index contributed by atoms with van der Waals surface area (Å²) in [5.41, 5.74) is 0. The minimum Gasteiger partial charge on any atom is -0.462 e. The molecule has 0 radical (unpaired) electrons. The van der Waals surface area contributed by atoms with Crippen molar-refractivity contribution in [1.82, 2.24) is 0 Å². The molecule has 0 heterocycles. The van der Waals surface area contributed by atoms with Gasteiger partial charge in [-0.1, -0.05) is 184 Å². The molecule has 0 rings (SSSR count). The molecule has 0 saturated carbocycles. The summed E-state index contributed by atoms with van der Waals surface area (Å²) in [6.45, 7) is 4.45. The molecule has 0 fully saturated rings. The summed E-state index contributed by atoms with van der Waals surface area (Å²) < 4.78 is 39.4. The van der Waals surface area contributed by atoms with E-state index in [0.717, 1.165) is 128 Å².